The van der Waals surface area contributed by atoms with Crippen LogP contribution in [0.5, 0.6) is 11.5 Å². The lowest BCUT2D eigenvalue weighted by Crippen LogP contribution is -2.56. The minimum absolute atomic E-state index is 0.0659. The van der Waals surface area contributed by atoms with Gasteiger partial charge in [0.15, 0.2) is 0 Å². The third kappa shape index (κ3) is 3.82. The number of hydrogen-bond donors (Lipinski definition) is 0. The van der Waals surface area contributed by atoms with Gasteiger partial charge in [-0.1, -0.05) is 6.07 Å². The fourth-order valence-corrected chi connectivity index (χ4v) is 3.31. The number of aromatic nitrogens is 1. The molecule has 1 amide bonds. The van der Waals surface area contributed by atoms with Gasteiger partial charge in [-0.25, -0.2) is 4.98 Å². The van der Waals surface area contributed by atoms with Crippen molar-refractivity contribution in [3.8, 4) is 11.5 Å². The highest BCUT2D eigenvalue weighted by Crippen LogP contribution is 2.23. The van der Waals surface area contributed by atoms with Crippen molar-refractivity contribution in [1.29, 1.82) is 0 Å². The molecule has 2 aromatic rings. The molecule has 0 saturated carbocycles. The Kier molecular flexibility index (Phi) is 4.81. The van der Waals surface area contributed by atoms with Crippen molar-refractivity contribution in [3.05, 3.63) is 40.3 Å². The maximum atomic E-state index is 12.2. The summed E-state index contributed by atoms with van der Waals surface area (Å²) in [6, 6.07) is 7.54. The molecule has 2 heterocycles. The van der Waals surface area contributed by atoms with Crippen LogP contribution in [-0.4, -0.2) is 42.1 Å². The first-order valence-electron chi connectivity index (χ1n) is 7.63. The normalized spacial score (nSPS) is 14.4. The predicted octanol–water partition coefficient (Wildman–Crippen LogP) is 2.68. The highest BCUT2D eigenvalue weighted by molar-refractivity contribution is 7.09. The topological polar surface area (TPSA) is 51.7 Å². The number of benzene rings is 1. The van der Waals surface area contributed by atoms with Crippen LogP contribution in [-0.2, 0) is 11.2 Å². The Hall–Kier alpha value is -2.08. The summed E-state index contributed by atoms with van der Waals surface area (Å²) in [5, 5.41) is 0. The lowest BCUT2D eigenvalue weighted by Gasteiger charge is -2.39. The molecule has 23 heavy (non-hydrogen) atoms. The zero-order valence-electron chi connectivity index (χ0n) is 13.3. The third-order valence-electron chi connectivity index (χ3n) is 3.96. The van der Waals surface area contributed by atoms with Crippen LogP contribution in [0.2, 0.25) is 0 Å². The number of carbonyl (C=O) groups is 1. The molecule has 1 aromatic carbocycles. The number of likely N-dealkylation sites (tertiary alicyclic amines) is 1. The van der Waals surface area contributed by atoms with Gasteiger partial charge in [0.2, 0.25) is 5.91 Å². The van der Waals surface area contributed by atoms with Gasteiger partial charge in [0, 0.05) is 17.4 Å². The van der Waals surface area contributed by atoms with Crippen LogP contribution in [0, 0.1) is 6.92 Å². The van der Waals surface area contributed by atoms with Crippen molar-refractivity contribution in [2.45, 2.75) is 25.9 Å². The molecule has 0 atom stereocenters. The highest BCUT2D eigenvalue weighted by Gasteiger charge is 2.32. The molecular formula is C17H20N2O3S. The maximum Gasteiger partial charge on any atom is 0.223 e. The van der Waals surface area contributed by atoms with Gasteiger partial charge in [0.05, 0.1) is 31.4 Å². The molecule has 1 saturated heterocycles. The van der Waals surface area contributed by atoms with Gasteiger partial charge < -0.3 is 14.4 Å². The summed E-state index contributed by atoms with van der Waals surface area (Å²) >= 11 is 1.62. The average Bonchev–Trinajstić information content (AvgIpc) is 2.93. The largest absolute Gasteiger partial charge is 0.497 e. The summed E-state index contributed by atoms with van der Waals surface area (Å²) in [6.45, 7) is 3.29. The van der Waals surface area contributed by atoms with Gasteiger partial charge in [-0.2, -0.15) is 0 Å². The minimum atomic E-state index is 0.0659. The first-order chi connectivity index (χ1) is 11.2. The number of hydrogen-bond acceptors (Lipinski definition) is 5. The standard InChI is InChI=1S/C17H20N2O3S/c1-12-16(23-11-18-12)6-7-17(20)19-9-15(10-19)22-14-5-3-4-13(8-14)21-2/h3-5,8,11,15H,6-7,9-10H2,1-2H3. The van der Waals surface area contributed by atoms with E-state index in [0.29, 0.717) is 19.5 Å². The molecule has 0 unspecified atom stereocenters. The number of amides is 1. The Morgan fingerprint density at radius 1 is 1.39 bits per heavy atom. The van der Waals surface area contributed by atoms with E-state index in [1.165, 1.54) is 4.88 Å². The fraction of sp³-hybridized carbons (Fsp3) is 0.412. The summed E-state index contributed by atoms with van der Waals surface area (Å²) in [4.78, 5) is 19.4. The number of thiazole rings is 1. The van der Waals surface area contributed by atoms with E-state index < -0.39 is 0 Å². The summed E-state index contributed by atoms with van der Waals surface area (Å²) in [5.41, 5.74) is 2.86. The van der Waals surface area contributed by atoms with Crippen LogP contribution < -0.4 is 9.47 Å². The van der Waals surface area contributed by atoms with E-state index >= 15 is 0 Å². The van der Waals surface area contributed by atoms with Crippen LogP contribution in [0.1, 0.15) is 17.0 Å². The monoisotopic (exact) mass is 332 g/mol. The van der Waals surface area contributed by atoms with Crippen molar-refractivity contribution in [2.75, 3.05) is 20.2 Å². The van der Waals surface area contributed by atoms with Crippen LogP contribution in [0.25, 0.3) is 0 Å². The molecule has 0 aliphatic carbocycles. The van der Waals surface area contributed by atoms with Crippen LogP contribution in [0.15, 0.2) is 29.8 Å². The van der Waals surface area contributed by atoms with Crippen molar-refractivity contribution in [1.82, 2.24) is 9.88 Å². The zero-order valence-corrected chi connectivity index (χ0v) is 14.1. The quantitative estimate of drug-likeness (QED) is 0.816. The molecule has 6 heteroatoms. The van der Waals surface area contributed by atoms with Gasteiger partial charge in [0.1, 0.15) is 17.6 Å². The number of rotatable bonds is 6. The fourth-order valence-electron chi connectivity index (χ4n) is 2.53. The number of aryl methyl sites for hydroxylation is 2. The van der Waals surface area contributed by atoms with Gasteiger partial charge in [0.25, 0.3) is 0 Å². The van der Waals surface area contributed by atoms with Gasteiger partial charge in [-0.05, 0) is 25.5 Å². The lowest BCUT2D eigenvalue weighted by atomic mass is 10.1. The van der Waals surface area contributed by atoms with E-state index in [1.54, 1.807) is 18.4 Å². The molecule has 1 aliphatic heterocycles. The summed E-state index contributed by atoms with van der Waals surface area (Å²) in [7, 11) is 1.63. The van der Waals surface area contributed by atoms with Crippen molar-refractivity contribution in [2.24, 2.45) is 0 Å². The Balaban J connectivity index is 1.43. The molecule has 0 spiro atoms. The van der Waals surface area contributed by atoms with Crippen molar-refractivity contribution >= 4 is 17.2 Å². The summed E-state index contributed by atoms with van der Waals surface area (Å²) in [5.74, 6) is 1.74. The molecule has 0 N–H and O–H groups in total. The first-order valence-corrected chi connectivity index (χ1v) is 8.51. The zero-order chi connectivity index (χ0) is 16.2. The number of methoxy groups -OCH3 is 1. The predicted molar refractivity (Wildman–Crippen MR) is 89.2 cm³/mol. The number of ether oxygens (including phenoxy) is 2. The van der Waals surface area contributed by atoms with Gasteiger partial charge in [-0.15, -0.1) is 11.3 Å². The summed E-state index contributed by atoms with van der Waals surface area (Å²) in [6.07, 6.45) is 1.37. The third-order valence-corrected chi connectivity index (χ3v) is 4.95. The SMILES string of the molecule is COc1cccc(OC2CN(C(=O)CCc3scnc3C)C2)c1. The van der Waals surface area contributed by atoms with Gasteiger partial charge in [-0.3, -0.25) is 4.79 Å². The second-order valence-corrected chi connectivity index (χ2v) is 6.52. The Labute approximate surface area is 139 Å². The summed E-state index contributed by atoms with van der Waals surface area (Å²) < 4.78 is 11.0. The van der Waals surface area contributed by atoms with Crippen LogP contribution in [0.4, 0.5) is 0 Å². The molecule has 122 valence electrons. The van der Waals surface area contributed by atoms with Crippen LogP contribution in [0.3, 0.4) is 0 Å². The first kappa shape index (κ1) is 15.8. The Morgan fingerprint density at radius 2 is 2.17 bits per heavy atom. The Morgan fingerprint density at radius 3 is 2.87 bits per heavy atom. The number of carbonyl (C=O) groups excluding carboxylic acids is 1. The van der Waals surface area contributed by atoms with E-state index in [0.717, 1.165) is 23.6 Å². The molecule has 5 nitrogen and oxygen atoms in total. The van der Waals surface area contributed by atoms with Crippen molar-refractivity contribution in [3.63, 3.8) is 0 Å². The Bertz CT molecular complexity index is 680. The van der Waals surface area contributed by atoms with E-state index in [-0.39, 0.29) is 12.0 Å². The molecule has 0 bridgehead atoms. The van der Waals surface area contributed by atoms with E-state index in [2.05, 4.69) is 4.98 Å². The maximum absolute atomic E-state index is 12.2. The van der Waals surface area contributed by atoms with E-state index in [1.807, 2.05) is 41.6 Å². The van der Waals surface area contributed by atoms with Crippen LogP contribution >= 0.6 is 11.3 Å². The van der Waals surface area contributed by atoms with Gasteiger partial charge >= 0.3 is 0 Å². The van der Waals surface area contributed by atoms with E-state index in [4.69, 9.17) is 9.47 Å². The molecule has 1 aliphatic rings. The number of nitrogens with zero attached hydrogens (tertiary/aromatic N) is 2. The van der Waals surface area contributed by atoms with E-state index in [9.17, 15) is 4.79 Å². The average molecular weight is 332 g/mol. The second-order valence-electron chi connectivity index (χ2n) is 5.58. The van der Waals surface area contributed by atoms with Crippen molar-refractivity contribution < 1.29 is 14.3 Å². The lowest BCUT2D eigenvalue weighted by molar-refractivity contribution is -0.139. The molecule has 0 radical (unpaired) electrons. The minimum Gasteiger partial charge on any atom is -0.497 e. The molecular weight excluding hydrogens is 312 g/mol. The highest BCUT2D eigenvalue weighted by atomic mass is 32.1. The second kappa shape index (κ2) is 7.00. The molecule has 1 aromatic heterocycles. The smallest absolute Gasteiger partial charge is 0.223 e. The molecule has 3 rings (SSSR count). The molecule has 1 fully saturated rings.